The summed E-state index contributed by atoms with van der Waals surface area (Å²) in [6, 6.07) is 17.1. The highest BCUT2D eigenvalue weighted by molar-refractivity contribution is 6.30. The highest BCUT2D eigenvalue weighted by Crippen LogP contribution is 2.39. The minimum Gasteiger partial charge on any atom is -0.507 e. The molecule has 1 heterocycles. The van der Waals surface area contributed by atoms with Gasteiger partial charge in [-0.05, 0) is 67.3 Å². The van der Waals surface area contributed by atoms with Crippen LogP contribution in [-0.2, 0) is 6.61 Å². The molecule has 0 saturated carbocycles. The van der Waals surface area contributed by atoms with Gasteiger partial charge in [0, 0.05) is 28.4 Å². The van der Waals surface area contributed by atoms with Crippen LogP contribution in [0.3, 0.4) is 0 Å². The summed E-state index contributed by atoms with van der Waals surface area (Å²) in [7, 11) is 0. The first-order valence-electron chi connectivity index (χ1n) is 9.75. The van der Waals surface area contributed by atoms with Gasteiger partial charge in [-0.15, -0.1) is 0 Å². The number of nitrogens with zero attached hydrogens (tertiary/aromatic N) is 1. The van der Waals surface area contributed by atoms with Crippen LogP contribution in [0, 0.1) is 20.8 Å². The van der Waals surface area contributed by atoms with Crippen molar-refractivity contribution in [2.45, 2.75) is 27.4 Å². The summed E-state index contributed by atoms with van der Waals surface area (Å²) in [6.45, 7) is 6.68. The molecule has 0 saturated heterocycles. The molecule has 4 aromatic rings. The minimum atomic E-state index is 0.124. The molecule has 152 valence electrons. The van der Waals surface area contributed by atoms with Crippen LogP contribution in [0.25, 0.3) is 22.4 Å². The maximum Gasteiger partial charge on any atom is 0.128 e. The van der Waals surface area contributed by atoms with Crippen LogP contribution < -0.4 is 4.74 Å². The zero-order valence-corrected chi connectivity index (χ0v) is 17.9. The number of phenols is 1. The van der Waals surface area contributed by atoms with E-state index in [4.69, 9.17) is 16.3 Å². The smallest absolute Gasteiger partial charge is 0.128 e. The molecule has 0 amide bonds. The number of nitrogens with one attached hydrogen (secondary N) is 1. The van der Waals surface area contributed by atoms with Gasteiger partial charge in [-0.2, -0.15) is 5.10 Å². The molecule has 0 bridgehead atoms. The minimum absolute atomic E-state index is 0.124. The SMILES string of the molecule is Cc1cc(C)c(-c2c[nH]nc2-c2ccc(OCc3ccc(Cl)cc3)cc2O)c(C)c1. The molecule has 5 heteroatoms. The normalized spacial score (nSPS) is 10.9. The maximum atomic E-state index is 10.7. The predicted molar refractivity (Wildman–Crippen MR) is 121 cm³/mol. The van der Waals surface area contributed by atoms with Crippen LogP contribution in [0.1, 0.15) is 22.3 Å². The number of phenolic OH excluding ortho intramolecular Hbond substituents is 1. The predicted octanol–water partition coefficient (Wildman–Crippen LogP) is 6.61. The average Bonchev–Trinajstić information content (AvgIpc) is 3.16. The fourth-order valence-corrected chi connectivity index (χ4v) is 3.97. The molecule has 1 aromatic heterocycles. The Balaban J connectivity index is 1.62. The number of ether oxygens (including phenoxy) is 1. The molecular formula is C25H23ClN2O2. The van der Waals surface area contributed by atoms with Crippen LogP contribution in [0.2, 0.25) is 5.02 Å². The van der Waals surface area contributed by atoms with E-state index < -0.39 is 0 Å². The first kappa shape index (κ1) is 20.0. The number of hydrogen-bond donors (Lipinski definition) is 2. The van der Waals surface area contributed by atoms with Gasteiger partial charge in [-0.1, -0.05) is 41.4 Å². The molecule has 0 unspecified atom stereocenters. The number of rotatable bonds is 5. The number of aromatic nitrogens is 2. The van der Waals surface area contributed by atoms with Gasteiger partial charge in [0.25, 0.3) is 0 Å². The van der Waals surface area contributed by atoms with Gasteiger partial charge in [-0.3, -0.25) is 5.10 Å². The van der Waals surface area contributed by atoms with E-state index in [-0.39, 0.29) is 5.75 Å². The zero-order chi connectivity index (χ0) is 21.3. The number of aryl methyl sites for hydroxylation is 3. The summed E-state index contributed by atoms with van der Waals surface area (Å²) in [5, 5.41) is 18.8. The van der Waals surface area contributed by atoms with E-state index in [0.29, 0.717) is 28.6 Å². The molecule has 30 heavy (non-hydrogen) atoms. The van der Waals surface area contributed by atoms with Crippen molar-refractivity contribution in [2.75, 3.05) is 0 Å². The number of H-pyrrole nitrogens is 1. The van der Waals surface area contributed by atoms with Crippen LogP contribution in [0.5, 0.6) is 11.5 Å². The van der Waals surface area contributed by atoms with E-state index >= 15 is 0 Å². The quantitative estimate of drug-likeness (QED) is 0.383. The lowest BCUT2D eigenvalue weighted by molar-refractivity contribution is 0.304. The molecule has 0 radical (unpaired) electrons. The third-order valence-electron chi connectivity index (χ3n) is 5.13. The van der Waals surface area contributed by atoms with Crippen molar-refractivity contribution in [2.24, 2.45) is 0 Å². The van der Waals surface area contributed by atoms with Crippen LogP contribution >= 0.6 is 11.6 Å². The topological polar surface area (TPSA) is 58.1 Å². The lowest BCUT2D eigenvalue weighted by atomic mass is 9.92. The van der Waals surface area contributed by atoms with E-state index in [1.807, 2.05) is 42.6 Å². The molecule has 2 N–H and O–H groups in total. The first-order valence-corrected chi connectivity index (χ1v) is 10.1. The molecule has 0 atom stereocenters. The molecule has 0 aliphatic rings. The fourth-order valence-electron chi connectivity index (χ4n) is 3.84. The summed E-state index contributed by atoms with van der Waals surface area (Å²) in [5.74, 6) is 0.713. The molecule has 4 nitrogen and oxygen atoms in total. The van der Waals surface area contributed by atoms with E-state index in [1.54, 1.807) is 6.07 Å². The maximum absolute atomic E-state index is 10.7. The summed E-state index contributed by atoms with van der Waals surface area (Å²) in [4.78, 5) is 0. The summed E-state index contributed by atoms with van der Waals surface area (Å²) in [5.41, 5.74) is 8.06. The molecule has 0 fully saturated rings. The van der Waals surface area contributed by atoms with E-state index in [1.165, 1.54) is 16.7 Å². The van der Waals surface area contributed by atoms with Crippen LogP contribution in [0.4, 0.5) is 0 Å². The van der Waals surface area contributed by atoms with Gasteiger partial charge >= 0.3 is 0 Å². The Morgan fingerprint density at radius 1 is 0.933 bits per heavy atom. The summed E-state index contributed by atoms with van der Waals surface area (Å²) in [6.07, 6.45) is 1.88. The van der Waals surface area contributed by atoms with Crippen molar-refractivity contribution >= 4 is 11.6 Å². The van der Waals surface area contributed by atoms with Crippen molar-refractivity contribution in [1.82, 2.24) is 10.2 Å². The Bertz CT molecular complexity index is 1170. The van der Waals surface area contributed by atoms with Crippen molar-refractivity contribution in [3.05, 3.63) is 88.1 Å². The van der Waals surface area contributed by atoms with Gasteiger partial charge in [0.1, 0.15) is 23.8 Å². The molecular weight excluding hydrogens is 396 g/mol. The van der Waals surface area contributed by atoms with Crippen LogP contribution in [-0.4, -0.2) is 15.3 Å². The molecule has 3 aromatic carbocycles. The standard InChI is InChI=1S/C25H23ClN2O2/c1-15-10-16(2)24(17(3)11-15)22-13-27-28-25(22)21-9-8-20(12-23(21)29)30-14-18-4-6-19(26)7-5-18/h4-13,29H,14H2,1-3H3,(H,27,28). The van der Waals surface area contributed by atoms with Crippen molar-refractivity contribution in [3.8, 4) is 33.9 Å². The molecule has 0 spiro atoms. The highest BCUT2D eigenvalue weighted by Gasteiger charge is 2.18. The number of aromatic hydroxyl groups is 1. The highest BCUT2D eigenvalue weighted by atomic mass is 35.5. The Morgan fingerprint density at radius 2 is 1.63 bits per heavy atom. The monoisotopic (exact) mass is 418 g/mol. The van der Waals surface area contributed by atoms with Gasteiger partial charge in [0.05, 0.1) is 0 Å². The third-order valence-corrected chi connectivity index (χ3v) is 5.38. The lowest BCUT2D eigenvalue weighted by Crippen LogP contribution is -1.95. The average molecular weight is 419 g/mol. The van der Waals surface area contributed by atoms with Crippen molar-refractivity contribution in [1.29, 1.82) is 0 Å². The molecule has 0 aliphatic carbocycles. The number of hydrogen-bond acceptors (Lipinski definition) is 3. The van der Waals surface area contributed by atoms with Gasteiger partial charge in [-0.25, -0.2) is 0 Å². The summed E-state index contributed by atoms with van der Waals surface area (Å²) < 4.78 is 5.82. The van der Waals surface area contributed by atoms with E-state index in [0.717, 1.165) is 16.7 Å². The summed E-state index contributed by atoms with van der Waals surface area (Å²) >= 11 is 5.92. The number of halogens is 1. The Hall–Kier alpha value is -3.24. The van der Waals surface area contributed by atoms with Gasteiger partial charge in [0.15, 0.2) is 0 Å². The fraction of sp³-hybridized carbons (Fsp3) is 0.160. The number of benzene rings is 3. The zero-order valence-electron chi connectivity index (χ0n) is 17.2. The second kappa shape index (κ2) is 8.25. The van der Waals surface area contributed by atoms with Gasteiger partial charge < -0.3 is 9.84 Å². The first-order chi connectivity index (χ1) is 14.4. The Morgan fingerprint density at radius 3 is 2.30 bits per heavy atom. The Kier molecular flexibility index (Phi) is 5.51. The van der Waals surface area contributed by atoms with E-state index in [2.05, 4.69) is 43.1 Å². The molecule has 4 rings (SSSR count). The second-order valence-corrected chi connectivity index (χ2v) is 7.95. The lowest BCUT2D eigenvalue weighted by Gasteiger charge is -2.13. The van der Waals surface area contributed by atoms with E-state index in [9.17, 15) is 5.11 Å². The Labute approximate surface area is 181 Å². The van der Waals surface area contributed by atoms with Gasteiger partial charge in [0.2, 0.25) is 0 Å². The number of aromatic amines is 1. The largest absolute Gasteiger partial charge is 0.507 e. The molecule has 0 aliphatic heterocycles. The van der Waals surface area contributed by atoms with Crippen molar-refractivity contribution in [3.63, 3.8) is 0 Å². The third kappa shape index (κ3) is 4.05. The van der Waals surface area contributed by atoms with Crippen LogP contribution in [0.15, 0.2) is 60.8 Å². The van der Waals surface area contributed by atoms with Crippen molar-refractivity contribution < 1.29 is 9.84 Å². The second-order valence-electron chi connectivity index (χ2n) is 7.52.